The van der Waals surface area contributed by atoms with Gasteiger partial charge in [-0.2, -0.15) is 5.10 Å². The van der Waals surface area contributed by atoms with Crippen LogP contribution in [0.15, 0.2) is 48.5 Å². The number of para-hydroxylation sites is 1. The van der Waals surface area contributed by atoms with E-state index >= 15 is 0 Å². The number of fused-ring (bicyclic) bond motifs is 1. The van der Waals surface area contributed by atoms with Crippen LogP contribution in [0.5, 0.6) is 5.75 Å². The molecule has 5 heteroatoms. The van der Waals surface area contributed by atoms with E-state index in [9.17, 15) is 4.79 Å². The van der Waals surface area contributed by atoms with Crippen LogP contribution in [-0.4, -0.2) is 29.3 Å². The molecule has 0 fully saturated rings. The first kappa shape index (κ1) is 19.2. The number of benzene rings is 2. The highest BCUT2D eigenvalue weighted by Crippen LogP contribution is 2.40. The van der Waals surface area contributed by atoms with Crippen LogP contribution in [0.25, 0.3) is 11.1 Å². The Balaban J connectivity index is 1.88. The van der Waals surface area contributed by atoms with E-state index in [1.54, 1.807) is 7.11 Å². The highest BCUT2D eigenvalue weighted by Gasteiger charge is 2.31. The van der Waals surface area contributed by atoms with Crippen LogP contribution in [0.4, 0.5) is 5.82 Å². The summed E-state index contributed by atoms with van der Waals surface area (Å²) in [5.74, 6) is 1.81. The third kappa shape index (κ3) is 3.31. The summed E-state index contributed by atoms with van der Waals surface area (Å²) in [5, 5.41) is 4.79. The lowest BCUT2D eigenvalue weighted by atomic mass is 9.92. The predicted molar refractivity (Wildman–Crippen MR) is 116 cm³/mol. The van der Waals surface area contributed by atoms with Gasteiger partial charge in [0.25, 0.3) is 5.91 Å². The lowest BCUT2D eigenvalue weighted by molar-refractivity contribution is 0.0978. The van der Waals surface area contributed by atoms with E-state index in [4.69, 9.17) is 9.84 Å². The van der Waals surface area contributed by atoms with Crippen molar-refractivity contribution in [3.8, 4) is 16.9 Å². The van der Waals surface area contributed by atoms with Gasteiger partial charge in [0.2, 0.25) is 0 Å². The van der Waals surface area contributed by atoms with Gasteiger partial charge < -0.3 is 4.74 Å². The Hall–Kier alpha value is -3.08. The van der Waals surface area contributed by atoms with Gasteiger partial charge >= 0.3 is 0 Å². The first-order valence-corrected chi connectivity index (χ1v) is 10.1. The number of rotatable bonds is 4. The second-order valence-corrected chi connectivity index (χ2v) is 7.76. The first-order chi connectivity index (χ1) is 14.0. The van der Waals surface area contributed by atoms with Gasteiger partial charge in [-0.25, -0.2) is 4.68 Å². The fourth-order valence-corrected chi connectivity index (χ4v) is 4.19. The third-order valence-electron chi connectivity index (χ3n) is 5.54. The molecule has 1 amide bonds. The number of nitrogens with zero attached hydrogens (tertiary/aromatic N) is 3. The third-order valence-corrected chi connectivity index (χ3v) is 5.54. The second-order valence-electron chi connectivity index (χ2n) is 7.76. The van der Waals surface area contributed by atoms with Gasteiger partial charge in [-0.1, -0.05) is 50.2 Å². The Bertz CT molecular complexity index is 1050. The zero-order valence-electron chi connectivity index (χ0n) is 17.5. The van der Waals surface area contributed by atoms with Gasteiger partial charge in [-0.3, -0.25) is 9.69 Å². The molecular formula is C24H27N3O2. The minimum Gasteiger partial charge on any atom is -0.496 e. The maximum absolute atomic E-state index is 13.6. The van der Waals surface area contributed by atoms with Gasteiger partial charge in [0.1, 0.15) is 11.6 Å². The summed E-state index contributed by atoms with van der Waals surface area (Å²) in [6.07, 6.45) is 0.875. The summed E-state index contributed by atoms with van der Waals surface area (Å²) in [6, 6.07) is 15.8. The molecule has 2 aromatic carbocycles. The topological polar surface area (TPSA) is 47.4 Å². The molecule has 150 valence electrons. The summed E-state index contributed by atoms with van der Waals surface area (Å²) in [4.78, 5) is 15.4. The van der Waals surface area contributed by atoms with Gasteiger partial charge in [0.15, 0.2) is 0 Å². The van der Waals surface area contributed by atoms with E-state index in [2.05, 4.69) is 38.1 Å². The van der Waals surface area contributed by atoms with Crippen molar-refractivity contribution in [2.24, 2.45) is 0 Å². The van der Waals surface area contributed by atoms with Crippen molar-refractivity contribution in [3.63, 3.8) is 0 Å². The Labute approximate surface area is 171 Å². The lowest BCUT2D eigenvalue weighted by Gasteiger charge is -2.30. The number of anilines is 1. The van der Waals surface area contributed by atoms with Crippen LogP contribution in [-0.2, 0) is 6.54 Å². The standard InChI is InChI=1S/C24H27N3O2/c1-16(2)18-10-5-6-11-19(18)22-17(3)25-27-15-9-14-26(23(22)27)24(28)20-12-7-8-13-21(20)29-4/h5-8,10-13,16H,9,14-15H2,1-4H3. The van der Waals surface area contributed by atoms with Crippen LogP contribution < -0.4 is 9.64 Å². The van der Waals surface area contributed by atoms with Gasteiger partial charge in [-0.05, 0) is 42.5 Å². The molecule has 2 heterocycles. The molecule has 1 aromatic heterocycles. The molecule has 5 nitrogen and oxygen atoms in total. The maximum Gasteiger partial charge on any atom is 0.263 e. The number of carbonyl (C=O) groups excluding carboxylic acids is 1. The van der Waals surface area contributed by atoms with Crippen molar-refractivity contribution < 1.29 is 9.53 Å². The molecule has 29 heavy (non-hydrogen) atoms. The van der Waals surface area contributed by atoms with Crippen LogP contribution in [0, 0.1) is 6.92 Å². The number of methoxy groups -OCH3 is 1. The SMILES string of the molecule is COc1ccccc1C(=O)N1CCCn2nc(C)c(-c3ccccc3C(C)C)c21. The number of carbonyl (C=O) groups is 1. The van der Waals surface area contributed by atoms with E-state index in [0.717, 1.165) is 35.6 Å². The zero-order valence-corrected chi connectivity index (χ0v) is 17.5. The van der Waals surface area contributed by atoms with Crippen molar-refractivity contribution in [1.82, 2.24) is 9.78 Å². The molecule has 0 aliphatic carbocycles. The molecular weight excluding hydrogens is 362 g/mol. The molecule has 0 spiro atoms. The predicted octanol–water partition coefficient (Wildman–Crippen LogP) is 5.04. The highest BCUT2D eigenvalue weighted by atomic mass is 16.5. The second kappa shape index (κ2) is 7.74. The fourth-order valence-electron chi connectivity index (χ4n) is 4.19. The van der Waals surface area contributed by atoms with Crippen LogP contribution in [0.2, 0.25) is 0 Å². The molecule has 0 atom stereocenters. The summed E-state index contributed by atoms with van der Waals surface area (Å²) < 4.78 is 7.43. The molecule has 0 bridgehead atoms. The summed E-state index contributed by atoms with van der Waals surface area (Å²) in [7, 11) is 1.60. The zero-order chi connectivity index (χ0) is 20.5. The number of hydrogen-bond donors (Lipinski definition) is 0. The molecule has 1 aliphatic heterocycles. The molecule has 0 radical (unpaired) electrons. The van der Waals surface area contributed by atoms with E-state index in [0.29, 0.717) is 23.8 Å². The van der Waals surface area contributed by atoms with Crippen molar-refractivity contribution in [2.75, 3.05) is 18.6 Å². The Morgan fingerprint density at radius 1 is 1.07 bits per heavy atom. The quantitative estimate of drug-likeness (QED) is 0.628. The average Bonchev–Trinajstić information content (AvgIpc) is 3.08. The van der Waals surface area contributed by atoms with Gasteiger partial charge in [0.05, 0.1) is 18.4 Å². The number of hydrogen-bond acceptors (Lipinski definition) is 3. The van der Waals surface area contributed by atoms with Crippen LogP contribution >= 0.6 is 0 Å². The Morgan fingerprint density at radius 2 is 1.79 bits per heavy atom. The monoisotopic (exact) mass is 389 g/mol. The average molecular weight is 389 g/mol. The largest absolute Gasteiger partial charge is 0.496 e. The minimum absolute atomic E-state index is 0.0495. The molecule has 0 saturated carbocycles. The normalized spacial score (nSPS) is 13.5. The van der Waals surface area contributed by atoms with Crippen molar-refractivity contribution in [3.05, 3.63) is 65.4 Å². The van der Waals surface area contributed by atoms with Crippen LogP contribution in [0.1, 0.15) is 47.8 Å². The summed E-state index contributed by atoms with van der Waals surface area (Å²) in [6.45, 7) is 7.90. The molecule has 0 N–H and O–H groups in total. The van der Waals surface area contributed by atoms with Crippen molar-refractivity contribution in [2.45, 2.75) is 39.7 Å². The smallest absolute Gasteiger partial charge is 0.263 e. The molecule has 0 saturated heterocycles. The van der Waals surface area contributed by atoms with Crippen molar-refractivity contribution >= 4 is 11.7 Å². The number of amides is 1. The van der Waals surface area contributed by atoms with Crippen molar-refractivity contribution in [1.29, 1.82) is 0 Å². The minimum atomic E-state index is -0.0495. The van der Waals surface area contributed by atoms with E-state index in [1.165, 1.54) is 5.56 Å². The number of aryl methyl sites for hydroxylation is 2. The summed E-state index contributed by atoms with van der Waals surface area (Å²) >= 11 is 0. The van der Waals surface area contributed by atoms with E-state index in [-0.39, 0.29) is 5.91 Å². The Morgan fingerprint density at radius 3 is 2.55 bits per heavy atom. The van der Waals surface area contributed by atoms with E-state index in [1.807, 2.05) is 40.8 Å². The van der Waals surface area contributed by atoms with E-state index < -0.39 is 0 Å². The lowest BCUT2D eigenvalue weighted by Crippen LogP contribution is -2.38. The van der Waals surface area contributed by atoms with Gasteiger partial charge in [0, 0.05) is 18.7 Å². The maximum atomic E-state index is 13.6. The van der Waals surface area contributed by atoms with Gasteiger partial charge in [-0.15, -0.1) is 0 Å². The first-order valence-electron chi connectivity index (χ1n) is 10.1. The highest BCUT2D eigenvalue weighted by molar-refractivity contribution is 6.09. The van der Waals surface area contributed by atoms with Crippen LogP contribution in [0.3, 0.4) is 0 Å². The Kier molecular flexibility index (Phi) is 5.14. The molecule has 0 unspecified atom stereocenters. The molecule has 1 aliphatic rings. The molecule has 4 rings (SSSR count). The number of aromatic nitrogens is 2. The fraction of sp³-hybridized carbons (Fsp3) is 0.333. The molecule has 3 aromatic rings. The summed E-state index contributed by atoms with van der Waals surface area (Å²) in [5.41, 5.74) is 5.00. The number of ether oxygens (including phenoxy) is 1.